The first-order valence-electron chi connectivity index (χ1n) is 8.64. The zero-order chi connectivity index (χ0) is 16.8. The van der Waals surface area contributed by atoms with Crippen LogP contribution in [0.1, 0.15) is 19.3 Å². The molecule has 0 saturated carbocycles. The van der Waals surface area contributed by atoms with Crippen molar-refractivity contribution >= 4 is 23.4 Å². The molecular weight excluding hydrogens is 324 g/mol. The summed E-state index contributed by atoms with van der Waals surface area (Å²) in [5.74, 6) is 0.590. The summed E-state index contributed by atoms with van der Waals surface area (Å²) >= 11 is 1.65. The van der Waals surface area contributed by atoms with Crippen LogP contribution in [0.15, 0.2) is 29.2 Å². The second kappa shape index (κ2) is 8.85. The van der Waals surface area contributed by atoms with Crippen molar-refractivity contribution in [3.05, 3.63) is 24.3 Å². The van der Waals surface area contributed by atoms with E-state index in [9.17, 15) is 4.79 Å². The van der Waals surface area contributed by atoms with E-state index in [1.165, 1.54) is 0 Å². The van der Waals surface area contributed by atoms with Crippen molar-refractivity contribution < 1.29 is 14.3 Å². The summed E-state index contributed by atoms with van der Waals surface area (Å²) in [6.07, 6.45) is 4.72. The molecule has 2 fully saturated rings. The Morgan fingerprint density at radius 3 is 2.67 bits per heavy atom. The minimum Gasteiger partial charge on any atom is -0.350 e. The molecule has 1 aromatic rings. The van der Waals surface area contributed by atoms with Gasteiger partial charge < -0.3 is 19.7 Å². The number of nitrogens with zero attached hydrogens (tertiary/aromatic N) is 1. The maximum atomic E-state index is 12.2. The van der Waals surface area contributed by atoms with Gasteiger partial charge in [0.05, 0.1) is 18.9 Å². The predicted molar refractivity (Wildman–Crippen MR) is 96.3 cm³/mol. The SMILES string of the molecule is CSc1ccccc1NC(=O)CCN1CCC(C2OCCO2)CC1. The van der Waals surface area contributed by atoms with Gasteiger partial charge in [0.25, 0.3) is 0 Å². The summed E-state index contributed by atoms with van der Waals surface area (Å²) < 4.78 is 11.2. The number of ether oxygens (including phenoxy) is 2. The molecular formula is C18H26N2O3S. The highest BCUT2D eigenvalue weighted by atomic mass is 32.2. The molecule has 2 aliphatic heterocycles. The van der Waals surface area contributed by atoms with E-state index in [-0.39, 0.29) is 12.2 Å². The Balaban J connectivity index is 1.39. The third-order valence-corrected chi connectivity index (χ3v) is 5.50. The Labute approximate surface area is 148 Å². The summed E-state index contributed by atoms with van der Waals surface area (Å²) in [6.45, 7) is 4.29. The summed E-state index contributed by atoms with van der Waals surface area (Å²) in [4.78, 5) is 15.7. The number of amides is 1. The molecule has 0 radical (unpaired) electrons. The molecule has 24 heavy (non-hydrogen) atoms. The first-order chi connectivity index (χ1) is 11.8. The highest BCUT2D eigenvalue weighted by molar-refractivity contribution is 7.98. The molecule has 1 amide bonds. The summed E-state index contributed by atoms with van der Waals surface area (Å²) in [5, 5.41) is 3.03. The third-order valence-electron chi connectivity index (χ3n) is 4.70. The summed E-state index contributed by atoms with van der Waals surface area (Å²) in [6, 6.07) is 7.92. The number of para-hydroxylation sites is 1. The zero-order valence-electron chi connectivity index (χ0n) is 14.2. The van der Waals surface area contributed by atoms with Crippen LogP contribution in [0, 0.1) is 5.92 Å². The maximum Gasteiger partial charge on any atom is 0.225 e. The largest absolute Gasteiger partial charge is 0.350 e. The van der Waals surface area contributed by atoms with Crippen LogP contribution in [0.4, 0.5) is 5.69 Å². The monoisotopic (exact) mass is 350 g/mol. The molecule has 5 nitrogen and oxygen atoms in total. The van der Waals surface area contributed by atoms with Crippen molar-refractivity contribution in [2.45, 2.75) is 30.4 Å². The highest BCUT2D eigenvalue weighted by Gasteiger charge is 2.30. The van der Waals surface area contributed by atoms with Gasteiger partial charge in [0.15, 0.2) is 6.29 Å². The molecule has 3 rings (SSSR count). The first-order valence-corrected chi connectivity index (χ1v) is 9.87. The van der Waals surface area contributed by atoms with Crippen molar-refractivity contribution in [2.24, 2.45) is 5.92 Å². The van der Waals surface area contributed by atoms with Gasteiger partial charge >= 0.3 is 0 Å². The van der Waals surface area contributed by atoms with E-state index < -0.39 is 0 Å². The molecule has 0 atom stereocenters. The lowest BCUT2D eigenvalue weighted by Crippen LogP contribution is -2.39. The quantitative estimate of drug-likeness (QED) is 0.800. The van der Waals surface area contributed by atoms with Crippen LogP contribution in [0.25, 0.3) is 0 Å². The van der Waals surface area contributed by atoms with Gasteiger partial charge in [-0.05, 0) is 44.3 Å². The average Bonchev–Trinajstić information content (AvgIpc) is 3.15. The molecule has 2 heterocycles. The lowest BCUT2D eigenvalue weighted by Gasteiger charge is -2.33. The number of carbonyl (C=O) groups excluding carboxylic acids is 1. The Morgan fingerprint density at radius 1 is 1.25 bits per heavy atom. The van der Waals surface area contributed by atoms with E-state index in [0.29, 0.717) is 12.3 Å². The van der Waals surface area contributed by atoms with E-state index >= 15 is 0 Å². The number of piperidine rings is 1. The van der Waals surface area contributed by atoms with Crippen LogP contribution >= 0.6 is 11.8 Å². The van der Waals surface area contributed by atoms with Crippen molar-refractivity contribution in [3.63, 3.8) is 0 Å². The molecule has 6 heteroatoms. The Morgan fingerprint density at radius 2 is 1.96 bits per heavy atom. The number of likely N-dealkylation sites (tertiary alicyclic amines) is 1. The fourth-order valence-electron chi connectivity index (χ4n) is 3.32. The number of anilines is 1. The van der Waals surface area contributed by atoms with E-state index in [1.807, 2.05) is 30.5 Å². The van der Waals surface area contributed by atoms with E-state index in [2.05, 4.69) is 10.2 Å². The molecule has 0 aromatic heterocycles. The number of thioether (sulfide) groups is 1. The number of benzene rings is 1. The Kier molecular flexibility index (Phi) is 6.54. The van der Waals surface area contributed by atoms with Gasteiger partial charge in [0.2, 0.25) is 5.91 Å². The third kappa shape index (κ3) is 4.72. The highest BCUT2D eigenvalue weighted by Crippen LogP contribution is 2.26. The number of hydrogen-bond acceptors (Lipinski definition) is 5. The van der Waals surface area contributed by atoms with E-state index in [0.717, 1.165) is 56.3 Å². The average molecular weight is 350 g/mol. The number of carbonyl (C=O) groups is 1. The van der Waals surface area contributed by atoms with Crippen LogP contribution in [0.5, 0.6) is 0 Å². The fourth-order valence-corrected chi connectivity index (χ4v) is 3.87. The van der Waals surface area contributed by atoms with Crippen molar-refractivity contribution in [2.75, 3.05) is 44.4 Å². The van der Waals surface area contributed by atoms with Crippen LogP contribution < -0.4 is 5.32 Å². The molecule has 2 aliphatic rings. The molecule has 2 saturated heterocycles. The summed E-state index contributed by atoms with van der Waals surface area (Å²) in [5.41, 5.74) is 0.907. The second-order valence-electron chi connectivity index (χ2n) is 6.29. The molecule has 0 unspecified atom stereocenters. The molecule has 1 aromatic carbocycles. The van der Waals surface area contributed by atoms with Crippen LogP contribution in [-0.2, 0) is 14.3 Å². The minimum absolute atomic E-state index is 0.00139. The maximum absolute atomic E-state index is 12.2. The first kappa shape index (κ1) is 17.7. The number of rotatable bonds is 6. The lowest BCUT2D eigenvalue weighted by atomic mass is 9.96. The van der Waals surface area contributed by atoms with Gasteiger partial charge in [-0.1, -0.05) is 12.1 Å². The number of hydrogen-bond donors (Lipinski definition) is 1. The van der Waals surface area contributed by atoms with Gasteiger partial charge in [-0.25, -0.2) is 0 Å². The zero-order valence-corrected chi connectivity index (χ0v) is 15.0. The second-order valence-corrected chi connectivity index (χ2v) is 7.14. The van der Waals surface area contributed by atoms with Crippen molar-refractivity contribution in [1.29, 1.82) is 0 Å². The lowest BCUT2D eigenvalue weighted by molar-refractivity contribution is -0.117. The minimum atomic E-state index is -0.00139. The Hall–Kier alpha value is -1.08. The van der Waals surface area contributed by atoms with Crippen molar-refractivity contribution in [3.8, 4) is 0 Å². The molecule has 0 spiro atoms. The molecule has 1 N–H and O–H groups in total. The van der Waals surface area contributed by atoms with Crippen LogP contribution in [-0.4, -0.2) is 56.2 Å². The van der Waals surface area contributed by atoms with Gasteiger partial charge in [-0.3, -0.25) is 4.79 Å². The van der Waals surface area contributed by atoms with Gasteiger partial charge in [0.1, 0.15) is 0 Å². The fraction of sp³-hybridized carbons (Fsp3) is 0.611. The van der Waals surface area contributed by atoms with Crippen molar-refractivity contribution in [1.82, 2.24) is 4.90 Å². The Bertz CT molecular complexity index is 541. The van der Waals surface area contributed by atoms with Gasteiger partial charge in [-0.15, -0.1) is 11.8 Å². The molecule has 0 bridgehead atoms. The predicted octanol–water partition coefficient (Wildman–Crippen LogP) is 2.82. The molecule has 0 aliphatic carbocycles. The number of nitrogens with one attached hydrogen (secondary N) is 1. The standard InChI is InChI=1S/C18H26N2O3S/c1-24-16-5-3-2-4-15(16)19-17(21)8-11-20-9-6-14(7-10-20)18-22-12-13-23-18/h2-5,14,18H,6-13H2,1H3,(H,19,21). The topological polar surface area (TPSA) is 50.8 Å². The van der Waals surface area contributed by atoms with E-state index in [4.69, 9.17) is 9.47 Å². The van der Waals surface area contributed by atoms with Gasteiger partial charge in [0, 0.05) is 23.8 Å². The molecule has 132 valence electrons. The smallest absolute Gasteiger partial charge is 0.225 e. The summed E-state index contributed by atoms with van der Waals surface area (Å²) in [7, 11) is 0. The van der Waals surface area contributed by atoms with Gasteiger partial charge in [-0.2, -0.15) is 0 Å². The van der Waals surface area contributed by atoms with Crippen LogP contribution in [0.3, 0.4) is 0 Å². The van der Waals surface area contributed by atoms with Crippen LogP contribution in [0.2, 0.25) is 0 Å². The normalized spacial score (nSPS) is 20.4. The van der Waals surface area contributed by atoms with E-state index in [1.54, 1.807) is 11.8 Å².